The molecule has 2 heterocycles. The number of rotatable bonds is 6. The summed E-state index contributed by atoms with van der Waals surface area (Å²) in [7, 11) is 0. The Hall–Kier alpha value is -3.58. The molecule has 0 N–H and O–H groups in total. The fourth-order valence-electron chi connectivity index (χ4n) is 4.22. The van der Waals surface area contributed by atoms with Crippen molar-refractivity contribution in [2.75, 3.05) is 31.1 Å². The van der Waals surface area contributed by atoms with Crippen LogP contribution in [0.3, 0.4) is 0 Å². The highest BCUT2D eigenvalue weighted by molar-refractivity contribution is 9.10. The molecule has 2 aliphatic rings. The lowest BCUT2D eigenvalue weighted by Gasteiger charge is -2.31. The molecule has 0 fully saturated rings. The molecule has 2 aromatic rings. The van der Waals surface area contributed by atoms with E-state index in [0.29, 0.717) is 18.8 Å². The number of amides is 2. The van der Waals surface area contributed by atoms with Crippen molar-refractivity contribution < 1.29 is 19.1 Å². The maximum absolute atomic E-state index is 12.7. The molecular formula is C24H22BrN5O4. The van der Waals surface area contributed by atoms with Gasteiger partial charge in [0.1, 0.15) is 18.4 Å². The van der Waals surface area contributed by atoms with Crippen LogP contribution in [-0.2, 0) is 16.0 Å². The number of nitrogens with zero attached hydrogens (tertiary/aromatic N) is 5. The van der Waals surface area contributed by atoms with Crippen molar-refractivity contribution in [2.24, 2.45) is 10.2 Å². The lowest BCUT2D eigenvalue weighted by molar-refractivity contribution is -0.140. The first-order chi connectivity index (χ1) is 16.3. The van der Waals surface area contributed by atoms with E-state index in [-0.39, 0.29) is 39.4 Å². The molecule has 174 valence electrons. The third-order valence-corrected chi connectivity index (χ3v) is 6.59. The largest absolute Gasteiger partial charge is 0.464 e. The summed E-state index contributed by atoms with van der Waals surface area (Å²) >= 11 is 3.38. The molecule has 4 rings (SSSR count). The molecule has 9 nitrogen and oxygen atoms in total. The third kappa shape index (κ3) is 4.31. The molecule has 0 atom stereocenters. The standard InChI is InChI=1S/C24H22BrN5O4/c1-3-30-23(32)18-12-16(13-26)22(21(25)20(18)24(30)33)28-27-17-6-7-19-15(11-17)5-4-8-29(19)9-10-34-14(2)31/h6-7,11-12H,3-5,8-10H2,1-2H3. The second-order valence-electron chi connectivity index (χ2n) is 7.92. The maximum Gasteiger partial charge on any atom is 0.302 e. The van der Waals surface area contributed by atoms with E-state index in [9.17, 15) is 19.6 Å². The molecule has 0 saturated heterocycles. The van der Waals surface area contributed by atoms with Gasteiger partial charge in [-0.2, -0.15) is 10.4 Å². The van der Waals surface area contributed by atoms with Gasteiger partial charge in [0.25, 0.3) is 11.8 Å². The molecule has 10 heteroatoms. The van der Waals surface area contributed by atoms with Crippen molar-refractivity contribution in [3.8, 4) is 6.07 Å². The van der Waals surface area contributed by atoms with Crippen molar-refractivity contribution in [3.05, 3.63) is 51.0 Å². The van der Waals surface area contributed by atoms with E-state index in [1.54, 1.807) is 6.92 Å². The summed E-state index contributed by atoms with van der Waals surface area (Å²) in [6.45, 7) is 5.18. The molecule has 0 aliphatic carbocycles. The van der Waals surface area contributed by atoms with Gasteiger partial charge < -0.3 is 9.64 Å². The molecule has 2 aliphatic heterocycles. The Labute approximate surface area is 205 Å². The molecule has 0 bridgehead atoms. The summed E-state index contributed by atoms with van der Waals surface area (Å²) in [5, 5.41) is 18.2. The number of aryl methyl sites for hydroxylation is 1. The van der Waals surface area contributed by atoms with Crippen LogP contribution >= 0.6 is 15.9 Å². The predicted molar refractivity (Wildman–Crippen MR) is 128 cm³/mol. The monoisotopic (exact) mass is 523 g/mol. The smallest absolute Gasteiger partial charge is 0.302 e. The third-order valence-electron chi connectivity index (χ3n) is 5.82. The molecule has 0 spiro atoms. The van der Waals surface area contributed by atoms with Gasteiger partial charge in [-0.25, -0.2) is 0 Å². The van der Waals surface area contributed by atoms with E-state index < -0.39 is 11.8 Å². The van der Waals surface area contributed by atoms with Crippen molar-refractivity contribution in [2.45, 2.75) is 26.7 Å². The number of halogens is 1. The van der Waals surface area contributed by atoms with Gasteiger partial charge in [0, 0.05) is 25.7 Å². The fraction of sp³-hybridized carbons (Fsp3) is 0.333. The number of fused-ring (bicyclic) bond motifs is 2. The quantitative estimate of drug-likeness (QED) is 0.308. The van der Waals surface area contributed by atoms with Crippen molar-refractivity contribution in [1.82, 2.24) is 4.90 Å². The van der Waals surface area contributed by atoms with Gasteiger partial charge in [-0.3, -0.25) is 19.3 Å². The normalized spacial score (nSPS) is 14.9. The summed E-state index contributed by atoms with van der Waals surface area (Å²) in [6, 6.07) is 9.17. The van der Waals surface area contributed by atoms with Crippen LogP contribution in [0.2, 0.25) is 0 Å². The van der Waals surface area contributed by atoms with Crippen LogP contribution in [-0.4, -0.2) is 48.9 Å². The van der Waals surface area contributed by atoms with E-state index in [2.05, 4.69) is 31.1 Å². The number of ether oxygens (including phenoxy) is 1. The zero-order valence-electron chi connectivity index (χ0n) is 18.8. The van der Waals surface area contributed by atoms with Crippen LogP contribution < -0.4 is 4.90 Å². The first-order valence-electron chi connectivity index (χ1n) is 10.9. The van der Waals surface area contributed by atoms with Crippen LogP contribution in [0.15, 0.2) is 39.0 Å². The SMILES string of the molecule is CCN1C(=O)c2cc(C#N)c(N=Nc3ccc4c(c3)CCCN4CCOC(C)=O)c(Br)c2C1=O. The van der Waals surface area contributed by atoms with Gasteiger partial charge in [0.05, 0.1) is 33.4 Å². The lowest BCUT2D eigenvalue weighted by atomic mass is 10.0. The van der Waals surface area contributed by atoms with Crippen LogP contribution in [0.5, 0.6) is 0 Å². The minimum atomic E-state index is -0.420. The van der Waals surface area contributed by atoms with E-state index in [1.807, 2.05) is 24.3 Å². The van der Waals surface area contributed by atoms with Crippen LogP contribution in [0.1, 0.15) is 52.1 Å². The zero-order valence-corrected chi connectivity index (χ0v) is 20.4. The molecule has 34 heavy (non-hydrogen) atoms. The first-order valence-corrected chi connectivity index (χ1v) is 11.7. The van der Waals surface area contributed by atoms with Crippen molar-refractivity contribution >= 4 is 50.8 Å². The zero-order chi connectivity index (χ0) is 24.4. The average molecular weight is 524 g/mol. The number of azo groups is 1. The van der Waals surface area contributed by atoms with Gasteiger partial charge in [-0.15, -0.1) is 5.11 Å². The van der Waals surface area contributed by atoms with Gasteiger partial charge in [-0.05, 0) is 65.5 Å². The molecule has 0 saturated carbocycles. The number of hydrogen-bond acceptors (Lipinski definition) is 8. The molecule has 0 unspecified atom stereocenters. The Morgan fingerprint density at radius 3 is 2.74 bits per heavy atom. The van der Waals surface area contributed by atoms with Crippen LogP contribution in [0, 0.1) is 11.3 Å². The minimum Gasteiger partial charge on any atom is -0.464 e. The summed E-state index contributed by atoms with van der Waals surface area (Å²) in [4.78, 5) is 39.5. The van der Waals surface area contributed by atoms with Gasteiger partial charge in [-0.1, -0.05) is 0 Å². The second-order valence-corrected chi connectivity index (χ2v) is 8.71. The number of imide groups is 1. The number of anilines is 1. The van der Waals surface area contributed by atoms with Crippen molar-refractivity contribution in [3.63, 3.8) is 0 Å². The Morgan fingerprint density at radius 2 is 2.03 bits per heavy atom. The van der Waals surface area contributed by atoms with Gasteiger partial charge in [0.2, 0.25) is 0 Å². The van der Waals surface area contributed by atoms with Crippen LogP contribution in [0.25, 0.3) is 0 Å². The number of esters is 1. The van der Waals surface area contributed by atoms with E-state index in [4.69, 9.17) is 4.74 Å². The van der Waals surface area contributed by atoms with E-state index in [1.165, 1.54) is 13.0 Å². The van der Waals surface area contributed by atoms with E-state index in [0.717, 1.165) is 35.5 Å². The number of nitriles is 1. The van der Waals surface area contributed by atoms with Crippen molar-refractivity contribution in [1.29, 1.82) is 5.26 Å². The summed E-state index contributed by atoms with van der Waals surface area (Å²) < 4.78 is 5.36. The number of carbonyl (C=O) groups excluding carboxylic acids is 3. The maximum atomic E-state index is 12.7. The number of benzene rings is 2. The lowest BCUT2D eigenvalue weighted by Crippen LogP contribution is -2.32. The highest BCUT2D eigenvalue weighted by Crippen LogP contribution is 2.40. The van der Waals surface area contributed by atoms with E-state index >= 15 is 0 Å². The Balaban J connectivity index is 1.62. The summed E-state index contributed by atoms with van der Waals surface area (Å²) in [6.07, 6.45) is 1.85. The highest BCUT2D eigenvalue weighted by Gasteiger charge is 2.38. The van der Waals surface area contributed by atoms with Gasteiger partial charge >= 0.3 is 5.97 Å². The summed E-state index contributed by atoms with van der Waals surface area (Å²) in [5.74, 6) is -1.13. The van der Waals surface area contributed by atoms with Crippen LogP contribution in [0.4, 0.5) is 17.1 Å². The fourth-order valence-corrected chi connectivity index (χ4v) is 4.90. The topological polar surface area (TPSA) is 115 Å². The highest BCUT2D eigenvalue weighted by atomic mass is 79.9. The predicted octanol–water partition coefficient (Wildman–Crippen LogP) is 4.67. The molecule has 2 aromatic carbocycles. The molecule has 2 amide bonds. The number of hydrogen-bond donors (Lipinski definition) is 0. The second kappa shape index (κ2) is 9.73. The number of carbonyl (C=O) groups is 3. The Kier molecular flexibility index (Phi) is 6.75. The first kappa shape index (κ1) is 23.6. The average Bonchev–Trinajstić information content (AvgIpc) is 3.06. The Morgan fingerprint density at radius 1 is 1.24 bits per heavy atom. The molecule has 0 radical (unpaired) electrons. The molecular weight excluding hydrogens is 502 g/mol. The minimum absolute atomic E-state index is 0.156. The molecule has 0 aromatic heterocycles. The summed E-state index contributed by atoms with van der Waals surface area (Å²) in [5.41, 5.74) is 3.54. The Bertz CT molecular complexity index is 1270. The van der Waals surface area contributed by atoms with Gasteiger partial charge in [0.15, 0.2) is 0 Å².